The summed E-state index contributed by atoms with van der Waals surface area (Å²) in [5, 5.41) is 0.819. The third-order valence-electron chi connectivity index (χ3n) is 3.52. The lowest BCUT2D eigenvalue weighted by Crippen LogP contribution is -2.12. The molecule has 0 unspecified atom stereocenters. The summed E-state index contributed by atoms with van der Waals surface area (Å²) >= 11 is 0. The zero-order valence-electron chi connectivity index (χ0n) is 12.6. The number of nitrogens with one attached hydrogen (secondary N) is 1. The fourth-order valence-corrected chi connectivity index (χ4v) is 2.35. The fraction of sp³-hybridized carbons (Fsp3) is 0.167. The lowest BCUT2D eigenvalue weighted by molar-refractivity contribution is 0.0285. The monoisotopic (exact) mass is 310 g/mol. The van der Waals surface area contributed by atoms with E-state index in [1.54, 1.807) is 0 Å². The molecule has 0 radical (unpaired) electrons. The SMILES string of the molecule is Nc1c(C(=O)OCCOCc2ccccc2)[nH]c2ccccc12. The Morgan fingerprint density at radius 3 is 2.52 bits per heavy atom. The molecule has 0 fully saturated rings. The van der Waals surface area contributed by atoms with E-state index >= 15 is 0 Å². The van der Waals surface area contributed by atoms with E-state index in [1.807, 2.05) is 54.6 Å². The van der Waals surface area contributed by atoms with Gasteiger partial charge in [0.15, 0.2) is 0 Å². The molecule has 118 valence electrons. The van der Waals surface area contributed by atoms with Crippen molar-refractivity contribution in [2.75, 3.05) is 18.9 Å². The molecule has 0 aliphatic rings. The smallest absolute Gasteiger partial charge is 0.357 e. The Kier molecular flexibility index (Phi) is 4.59. The Balaban J connectivity index is 1.50. The summed E-state index contributed by atoms with van der Waals surface area (Å²) in [7, 11) is 0. The second kappa shape index (κ2) is 6.98. The van der Waals surface area contributed by atoms with Crippen LogP contribution in [0, 0.1) is 0 Å². The quantitative estimate of drug-likeness (QED) is 0.541. The number of nitrogen functional groups attached to an aromatic ring is 1. The molecule has 3 aromatic rings. The van der Waals surface area contributed by atoms with Gasteiger partial charge in [-0.2, -0.15) is 0 Å². The van der Waals surface area contributed by atoms with Crippen molar-refractivity contribution in [3.05, 3.63) is 65.9 Å². The third kappa shape index (κ3) is 3.52. The summed E-state index contributed by atoms with van der Waals surface area (Å²) < 4.78 is 10.7. The molecule has 0 aliphatic heterocycles. The number of H-pyrrole nitrogens is 1. The molecular weight excluding hydrogens is 292 g/mol. The van der Waals surface area contributed by atoms with Crippen molar-refractivity contribution < 1.29 is 14.3 Å². The van der Waals surface area contributed by atoms with Crippen LogP contribution in [0.4, 0.5) is 5.69 Å². The van der Waals surface area contributed by atoms with Gasteiger partial charge in [-0.25, -0.2) is 4.79 Å². The summed E-state index contributed by atoms with van der Waals surface area (Å²) in [5.74, 6) is -0.470. The maximum Gasteiger partial charge on any atom is 0.357 e. The van der Waals surface area contributed by atoms with Gasteiger partial charge < -0.3 is 20.2 Å². The number of anilines is 1. The van der Waals surface area contributed by atoms with Gasteiger partial charge in [0.1, 0.15) is 12.3 Å². The average molecular weight is 310 g/mol. The van der Waals surface area contributed by atoms with E-state index in [4.69, 9.17) is 15.2 Å². The van der Waals surface area contributed by atoms with Crippen molar-refractivity contribution in [3.8, 4) is 0 Å². The van der Waals surface area contributed by atoms with Gasteiger partial charge in [0.2, 0.25) is 0 Å². The Labute approximate surface area is 134 Å². The van der Waals surface area contributed by atoms with Crippen LogP contribution in [0.15, 0.2) is 54.6 Å². The van der Waals surface area contributed by atoms with E-state index in [0.717, 1.165) is 16.5 Å². The van der Waals surface area contributed by atoms with Crippen LogP contribution in [-0.2, 0) is 16.1 Å². The number of carbonyl (C=O) groups excluding carboxylic acids is 1. The number of ether oxygens (including phenoxy) is 2. The number of aromatic nitrogens is 1. The molecule has 0 saturated carbocycles. The molecule has 3 N–H and O–H groups in total. The Bertz CT molecular complexity index is 796. The predicted octanol–water partition coefficient (Wildman–Crippen LogP) is 3.12. The van der Waals surface area contributed by atoms with Crippen LogP contribution in [-0.4, -0.2) is 24.2 Å². The molecule has 0 amide bonds. The zero-order chi connectivity index (χ0) is 16.1. The van der Waals surface area contributed by atoms with Crippen LogP contribution < -0.4 is 5.73 Å². The van der Waals surface area contributed by atoms with Crippen molar-refractivity contribution in [2.45, 2.75) is 6.61 Å². The Hall–Kier alpha value is -2.79. The number of hydrogen-bond donors (Lipinski definition) is 2. The van der Waals surface area contributed by atoms with E-state index in [9.17, 15) is 4.79 Å². The highest BCUT2D eigenvalue weighted by atomic mass is 16.6. The molecule has 1 heterocycles. The van der Waals surface area contributed by atoms with Crippen molar-refractivity contribution in [3.63, 3.8) is 0 Å². The average Bonchev–Trinajstić information content (AvgIpc) is 2.93. The standard InChI is InChI=1S/C18H18N2O3/c19-16-14-8-4-5-9-15(14)20-17(16)18(21)23-11-10-22-12-13-6-2-1-3-7-13/h1-9,20H,10-12,19H2. The van der Waals surface area contributed by atoms with Gasteiger partial charge in [-0.1, -0.05) is 48.5 Å². The minimum atomic E-state index is -0.470. The second-order valence-corrected chi connectivity index (χ2v) is 5.13. The highest BCUT2D eigenvalue weighted by Gasteiger charge is 2.16. The van der Waals surface area contributed by atoms with E-state index in [-0.39, 0.29) is 12.3 Å². The Morgan fingerprint density at radius 2 is 1.74 bits per heavy atom. The molecular formula is C18H18N2O3. The molecule has 23 heavy (non-hydrogen) atoms. The largest absolute Gasteiger partial charge is 0.459 e. The van der Waals surface area contributed by atoms with Gasteiger partial charge in [-0.05, 0) is 11.6 Å². The first kappa shape index (κ1) is 15.1. The van der Waals surface area contributed by atoms with Crippen LogP contribution in [0.3, 0.4) is 0 Å². The third-order valence-corrected chi connectivity index (χ3v) is 3.52. The maximum absolute atomic E-state index is 12.1. The highest BCUT2D eigenvalue weighted by molar-refractivity contribution is 6.05. The summed E-state index contributed by atoms with van der Waals surface area (Å²) in [4.78, 5) is 15.1. The molecule has 3 rings (SSSR count). The number of carbonyl (C=O) groups is 1. The normalized spacial score (nSPS) is 10.8. The van der Waals surface area contributed by atoms with Crippen LogP contribution in [0.2, 0.25) is 0 Å². The molecule has 0 saturated heterocycles. The van der Waals surface area contributed by atoms with Gasteiger partial charge in [0.05, 0.1) is 18.9 Å². The Morgan fingerprint density at radius 1 is 1.00 bits per heavy atom. The molecule has 0 atom stereocenters. The first-order valence-corrected chi connectivity index (χ1v) is 7.40. The topological polar surface area (TPSA) is 77.3 Å². The fourth-order valence-electron chi connectivity index (χ4n) is 2.35. The highest BCUT2D eigenvalue weighted by Crippen LogP contribution is 2.24. The van der Waals surface area contributed by atoms with Gasteiger partial charge in [0.25, 0.3) is 0 Å². The summed E-state index contributed by atoms with van der Waals surface area (Å²) in [6.07, 6.45) is 0. The van der Waals surface area contributed by atoms with Crippen molar-refractivity contribution in [1.82, 2.24) is 4.98 Å². The molecule has 2 aromatic carbocycles. The number of aromatic amines is 1. The van der Waals surface area contributed by atoms with Crippen LogP contribution in [0.5, 0.6) is 0 Å². The lowest BCUT2D eigenvalue weighted by atomic mass is 10.2. The number of para-hydroxylation sites is 1. The lowest BCUT2D eigenvalue weighted by Gasteiger charge is -2.06. The minimum Gasteiger partial charge on any atom is -0.459 e. The summed E-state index contributed by atoms with van der Waals surface area (Å²) in [6.45, 7) is 1.01. The van der Waals surface area contributed by atoms with Crippen molar-refractivity contribution >= 4 is 22.6 Å². The predicted molar refractivity (Wildman–Crippen MR) is 89.1 cm³/mol. The molecule has 1 aromatic heterocycles. The zero-order valence-corrected chi connectivity index (χ0v) is 12.6. The van der Waals surface area contributed by atoms with Crippen molar-refractivity contribution in [2.24, 2.45) is 0 Å². The summed E-state index contributed by atoms with van der Waals surface area (Å²) in [5.41, 5.74) is 8.58. The first-order chi connectivity index (χ1) is 11.3. The number of nitrogens with two attached hydrogens (primary N) is 1. The molecule has 5 heteroatoms. The molecule has 0 bridgehead atoms. The first-order valence-electron chi connectivity index (χ1n) is 7.40. The van der Waals surface area contributed by atoms with Crippen LogP contribution in [0.1, 0.15) is 16.1 Å². The number of fused-ring (bicyclic) bond motifs is 1. The summed E-state index contributed by atoms with van der Waals surface area (Å²) in [6, 6.07) is 17.3. The van der Waals surface area contributed by atoms with Crippen LogP contribution >= 0.6 is 0 Å². The van der Waals surface area contributed by atoms with Gasteiger partial charge in [0, 0.05) is 10.9 Å². The minimum absolute atomic E-state index is 0.181. The van der Waals surface area contributed by atoms with E-state index < -0.39 is 5.97 Å². The maximum atomic E-state index is 12.1. The van der Waals surface area contributed by atoms with E-state index in [2.05, 4.69) is 4.98 Å². The van der Waals surface area contributed by atoms with Gasteiger partial charge >= 0.3 is 5.97 Å². The number of hydrogen-bond acceptors (Lipinski definition) is 4. The number of rotatable bonds is 6. The van der Waals surface area contributed by atoms with E-state index in [0.29, 0.717) is 18.9 Å². The second-order valence-electron chi connectivity index (χ2n) is 5.13. The number of esters is 1. The molecule has 0 aliphatic carbocycles. The van der Waals surface area contributed by atoms with Gasteiger partial charge in [-0.3, -0.25) is 0 Å². The van der Waals surface area contributed by atoms with E-state index in [1.165, 1.54) is 0 Å². The molecule has 0 spiro atoms. The van der Waals surface area contributed by atoms with Gasteiger partial charge in [-0.15, -0.1) is 0 Å². The number of benzene rings is 2. The van der Waals surface area contributed by atoms with Crippen LogP contribution in [0.25, 0.3) is 10.9 Å². The molecule has 5 nitrogen and oxygen atoms in total. The van der Waals surface area contributed by atoms with Crippen molar-refractivity contribution in [1.29, 1.82) is 0 Å².